The van der Waals surface area contributed by atoms with Crippen molar-refractivity contribution in [2.75, 3.05) is 20.2 Å². The predicted octanol–water partition coefficient (Wildman–Crippen LogP) is 4.00. The van der Waals surface area contributed by atoms with Gasteiger partial charge in [0.1, 0.15) is 11.2 Å². The van der Waals surface area contributed by atoms with Crippen LogP contribution in [-0.4, -0.2) is 42.8 Å². The van der Waals surface area contributed by atoms with E-state index in [1.54, 1.807) is 6.26 Å². The summed E-state index contributed by atoms with van der Waals surface area (Å²) in [5.41, 5.74) is 2.51. The molecule has 2 aromatic rings. The third-order valence-electron chi connectivity index (χ3n) is 4.23. The van der Waals surface area contributed by atoms with Crippen molar-refractivity contribution in [1.82, 2.24) is 4.90 Å². The topological polar surface area (TPSA) is 69.0 Å². The Labute approximate surface area is 152 Å². The van der Waals surface area contributed by atoms with Crippen molar-refractivity contribution < 1.29 is 23.5 Å². The Balaban J connectivity index is 1.93. The molecule has 1 aromatic heterocycles. The largest absolute Gasteiger partial charge is 0.466 e. The summed E-state index contributed by atoms with van der Waals surface area (Å²) in [6, 6.07) is 7.67. The first-order chi connectivity index (χ1) is 12.3. The van der Waals surface area contributed by atoms with Crippen molar-refractivity contribution in [3.05, 3.63) is 41.7 Å². The highest BCUT2D eigenvalue weighted by Crippen LogP contribution is 2.31. The van der Waals surface area contributed by atoms with Gasteiger partial charge in [0.15, 0.2) is 0 Å². The lowest BCUT2D eigenvalue weighted by Crippen LogP contribution is -2.41. The van der Waals surface area contributed by atoms with E-state index >= 15 is 0 Å². The van der Waals surface area contributed by atoms with E-state index < -0.39 is 17.7 Å². The van der Waals surface area contributed by atoms with Crippen LogP contribution in [0.15, 0.2) is 40.5 Å². The van der Waals surface area contributed by atoms with Crippen LogP contribution < -0.4 is 0 Å². The molecule has 0 atom stereocenters. The molecule has 0 bridgehead atoms. The van der Waals surface area contributed by atoms with Crippen LogP contribution in [0.4, 0.5) is 4.79 Å². The van der Waals surface area contributed by atoms with Crippen molar-refractivity contribution in [1.29, 1.82) is 0 Å². The number of esters is 1. The van der Waals surface area contributed by atoms with Gasteiger partial charge < -0.3 is 18.8 Å². The summed E-state index contributed by atoms with van der Waals surface area (Å²) in [5.74, 6) is -0.430. The summed E-state index contributed by atoms with van der Waals surface area (Å²) < 4.78 is 15.7. The average molecular weight is 357 g/mol. The van der Waals surface area contributed by atoms with E-state index in [2.05, 4.69) is 0 Å². The van der Waals surface area contributed by atoms with E-state index in [1.807, 2.05) is 45.0 Å². The maximum Gasteiger partial charge on any atom is 0.410 e. The Morgan fingerprint density at radius 2 is 1.96 bits per heavy atom. The number of carbonyl (C=O) groups excluding carboxylic acids is 2. The number of rotatable bonds is 2. The van der Waals surface area contributed by atoms with Gasteiger partial charge in [-0.1, -0.05) is 6.07 Å². The zero-order valence-corrected chi connectivity index (χ0v) is 15.5. The highest BCUT2D eigenvalue weighted by atomic mass is 16.6. The molecule has 0 saturated heterocycles. The van der Waals surface area contributed by atoms with Gasteiger partial charge in [-0.25, -0.2) is 9.59 Å². The fraction of sp³-hybridized carbons (Fsp3) is 0.400. The fourth-order valence-corrected chi connectivity index (χ4v) is 3.03. The summed E-state index contributed by atoms with van der Waals surface area (Å²) >= 11 is 0. The Bertz CT molecular complexity index is 872. The van der Waals surface area contributed by atoms with Gasteiger partial charge in [0.25, 0.3) is 0 Å². The van der Waals surface area contributed by atoms with E-state index in [4.69, 9.17) is 13.9 Å². The number of hydrogen-bond acceptors (Lipinski definition) is 5. The van der Waals surface area contributed by atoms with Crippen molar-refractivity contribution >= 4 is 28.6 Å². The molecule has 0 aliphatic carbocycles. The van der Waals surface area contributed by atoms with Crippen molar-refractivity contribution in [2.24, 2.45) is 0 Å². The maximum absolute atomic E-state index is 12.4. The molecule has 138 valence electrons. The molecule has 26 heavy (non-hydrogen) atoms. The smallest absolute Gasteiger partial charge is 0.410 e. The van der Waals surface area contributed by atoms with Crippen LogP contribution in [0.25, 0.3) is 16.5 Å². The summed E-state index contributed by atoms with van der Waals surface area (Å²) in [6.07, 6.45) is 1.76. The lowest BCUT2D eigenvalue weighted by Gasteiger charge is -2.32. The Hall–Kier alpha value is -2.76. The summed E-state index contributed by atoms with van der Waals surface area (Å²) in [5, 5.41) is 0.966. The van der Waals surface area contributed by atoms with Crippen LogP contribution in [0.1, 0.15) is 32.8 Å². The van der Waals surface area contributed by atoms with Crippen molar-refractivity contribution in [2.45, 2.75) is 32.8 Å². The lowest BCUT2D eigenvalue weighted by molar-refractivity contribution is -0.136. The van der Waals surface area contributed by atoms with Gasteiger partial charge in [-0.2, -0.15) is 0 Å². The number of nitrogens with zero attached hydrogens (tertiary/aromatic N) is 1. The Kier molecular flexibility index (Phi) is 4.76. The summed E-state index contributed by atoms with van der Waals surface area (Å²) in [4.78, 5) is 26.2. The number of carbonyl (C=O) groups is 2. The van der Waals surface area contributed by atoms with E-state index in [0.717, 1.165) is 22.1 Å². The zero-order chi connectivity index (χ0) is 18.9. The first kappa shape index (κ1) is 18.0. The summed E-state index contributed by atoms with van der Waals surface area (Å²) in [7, 11) is 1.35. The van der Waals surface area contributed by atoms with Gasteiger partial charge in [-0.15, -0.1) is 0 Å². The van der Waals surface area contributed by atoms with Crippen LogP contribution >= 0.6 is 0 Å². The second kappa shape index (κ2) is 6.86. The molecule has 1 aromatic carbocycles. The molecule has 3 rings (SSSR count). The van der Waals surface area contributed by atoms with Gasteiger partial charge >= 0.3 is 12.1 Å². The highest BCUT2D eigenvalue weighted by Gasteiger charge is 2.30. The third kappa shape index (κ3) is 3.74. The van der Waals surface area contributed by atoms with Crippen LogP contribution in [0.3, 0.4) is 0 Å². The molecular formula is C20H23NO5. The molecule has 6 heteroatoms. The minimum absolute atomic E-state index is 0.167. The molecule has 0 unspecified atom stereocenters. The number of methoxy groups -OCH3 is 1. The normalized spacial score (nSPS) is 15.3. The minimum atomic E-state index is -0.585. The molecule has 2 heterocycles. The maximum atomic E-state index is 12.4. The number of amides is 1. The number of fused-ring (bicyclic) bond motifs is 1. The van der Waals surface area contributed by atoms with Crippen LogP contribution in [-0.2, 0) is 14.3 Å². The Morgan fingerprint density at radius 1 is 1.19 bits per heavy atom. The van der Waals surface area contributed by atoms with E-state index in [1.165, 1.54) is 12.0 Å². The van der Waals surface area contributed by atoms with Gasteiger partial charge in [-0.05, 0) is 56.5 Å². The van der Waals surface area contributed by atoms with Gasteiger partial charge in [0, 0.05) is 11.9 Å². The summed E-state index contributed by atoms with van der Waals surface area (Å²) in [6.45, 7) is 6.10. The molecule has 0 N–H and O–H groups in total. The first-order valence-electron chi connectivity index (χ1n) is 8.54. The van der Waals surface area contributed by atoms with Crippen molar-refractivity contribution in [3.63, 3.8) is 0 Å². The van der Waals surface area contributed by atoms with Gasteiger partial charge in [-0.3, -0.25) is 0 Å². The van der Waals surface area contributed by atoms with E-state index in [9.17, 15) is 9.59 Å². The monoisotopic (exact) mass is 357 g/mol. The highest BCUT2D eigenvalue weighted by molar-refractivity contribution is 6.00. The molecule has 0 saturated carbocycles. The predicted molar refractivity (Wildman–Crippen MR) is 97.6 cm³/mol. The molecule has 1 aliphatic heterocycles. The zero-order valence-electron chi connectivity index (χ0n) is 15.5. The van der Waals surface area contributed by atoms with E-state index in [-0.39, 0.29) is 6.54 Å². The second-order valence-corrected chi connectivity index (χ2v) is 7.27. The molecule has 1 aliphatic rings. The molecule has 0 fully saturated rings. The van der Waals surface area contributed by atoms with Gasteiger partial charge in [0.2, 0.25) is 0 Å². The molecular weight excluding hydrogens is 334 g/mol. The molecule has 0 radical (unpaired) electrons. The second-order valence-electron chi connectivity index (χ2n) is 7.27. The van der Waals surface area contributed by atoms with E-state index in [0.29, 0.717) is 18.5 Å². The SMILES string of the molecule is COC(=O)C1=C(c2ccc3occc3c2)CCN(C(=O)OC(C)(C)C)C1. The van der Waals surface area contributed by atoms with Crippen LogP contribution in [0, 0.1) is 0 Å². The molecule has 0 spiro atoms. The quantitative estimate of drug-likeness (QED) is 0.760. The van der Waals surface area contributed by atoms with Gasteiger partial charge in [0.05, 0.1) is 25.5 Å². The number of hydrogen-bond donors (Lipinski definition) is 0. The number of ether oxygens (including phenoxy) is 2. The minimum Gasteiger partial charge on any atom is -0.466 e. The fourth-order valence-electron chi connectivity index (χ4n) is 3.03. The number of benzene rings is 1. The Morgan fingerprint density at radius 3 is 2.65 bits per heavy atom. The first-order valence-corrected chi connectivity index (χ1v) is 8.54. The lowest BCUT2D eigenvalue weighted by atomic mass is 9.93. The van der Waals surface area contributed by atoms with Crippen molar-refractivity contribution in [3.8, 4) is 0 Å². The van der Waals surface area contributed by atoms with Crippen LogP contribution in [0.2, 0.25) is 0 Å². The number of furan rings is 1. The third-order valence-corrected chi connectivity index (χ3v) is 4.23. The van der Waals surface area contributed by atoms with Crippen LogP contribution in [0.5, 0.6) is 0 Å². The standard InChI is InChI=1S/C20H23NO5/c1-20(2,3)26-19(23)21-9-7-15(16(12-21)18(22)24-4)13-5-6-17-14(11-13)8-10-25-17/h5-6,8,10-11H,7,9,12H2,1-4H3. The molecule has 6 nitrogen and oxygen atoms in total. The average Bonchev–Trinajstić information content (AvgIpc) is 3.06. The molecule has 1 amide bonds.